The van der Waals surface area contributed by atoms with E-state index in [0.29, 0.717) is 5.56 Å². The third-order valence-electron chi connectivity index (χ3n) is 3.06. The van der Waals surface area contributed by atoms with E-state index >= 15 is 0 Å². The Morgan fingerprint density at radius 3 is 2.50 bits per heavy atom. The molecule has 1 atom stereocenters. The fourth-order valence-electron chi connectivity index (χ4n) is 2.01. The van der Waals surface area contributed by atoms with Crippen LogP contribution in [0.2, 0.25) is 0 Å². The lowest BCUT2D eigenvalue weighted by Gasteiger charge is -2.18. The van der Waals surface area contributed by atoms with Crippen LogP contribution in [0, 0.1) is 0 Å². The standard InChI is InChI=1S/C14H20F3N/c1-3-4-5-9-13(18-2)11-7-6-8-12(10-11)14(15,16)17/h6-8,10,13,18H,3-5,9H2,1-2H3. The summed E-state index contributed by atoms with van der Waals surface area (Å²) in [6.45, 7) is 2.11. The van der Waals surface area contributed by atoms with Gasteiger partial charge in [0, 0.05) is 6.04 Å². The number of hydrogen-bond donors (Lipinski definition) is 1. The number of nitrogens with one attached hydrogen (secondary N) is 1. The van der Waals surface area contributed by atoms with E-state index < -0.39 is 11.7 Å². The smallest absolute Gasteiger partial charge is 0.313 e. The van der Waals surface area contributed by atoms with Gasteiger partial charge < -0.3 is 5.32 Å². The van der Waals surface area contributed by atoms with E-state index in [2.05, 4.69) is 12.2 Å². The molecule has 0 saturated carbocycles. The molecule has 1 nitrogen and oxygen atoms in total. The van der Waals surface area contributed by atoms with Gasteiger partial charge in [0.25, 0.3) is 0 Å². The highest BCUT2D eigenvalue weighted by Crippen LogP contribution is 2.31. The largest absolute Gasteiger partial charge is 0.416 e. The maximum Gasteiger partial charge on any atom is 0.416 e. The van der Waals surface area contributed by atoms with Crippen molar-refractivity contribution in [3.63, 3.8) is 0 Å². The van der Waals surface area contributed by atoms with Crippen LogP contribution >= 0.6 is 0 Å². The summed E-state index contributed by atoms with van der Waals surface area (Å²) >= 11 is 0. The zero-order valence-electron chi connectivity index (χ0n) is 10.8. The van der Waals surface area contributed by atoms with Crippen molar-refractivity contribution in [3.05, 3.63) is 35.4 Å². The average Bonchev–Trinajstić information content (AvgIpc) is 2.34. The highest BCUT2D eigenvalue weighted by Gasteiger charge is 2.30. The van der Waals surface area contributed by atoms with Gasteiger partial charge in [0.05, 0.1) is 5.56 Å². The summed E-state index contributed by atoms with van der Waals surface area (Å²) in [5.74, 6) is 0. The van der Waals surface area contributed by atoms with Crippen LogP contribution in [0.15, 0.2) is 24.3 Å². The number of halogens is 3. The number of benzene rings is 1. The van der Waals surface area contributed by atoms with Crippen LogP contribution in [-0.4, -0.2) is 7.05 Å². The van der Waals surface area contributed by atoms with Gasteiger partial charge in [0.15, 0.2) is 0 Å². The Labute approximate surface area is 106 Å². The number of alkyl halides is 3. The van der Waals surface area contributed by atoms with Gasteiger partial charge in [0.1, 0.15) is 0 Å². The van der Waals surface area contributed by atoms with Gasteiger partial charge in [-0.1, -0.05) is 38.3 Å². The predicted molar refractivity (Wildman–Crippen MR) is 67.4 cm³/mol. The fraction of sp³-hybridized carbons (Fsp3) is 0.571. The highest BCUT2D eigenvalue weighted by molar-refractivity contribution is 5.27. The van der Waals surface area contributed by atoms with Gasteiger partial charge in [0.2, 0.25) is 0 Å². The van der Waals surface area contributed by atoms with E-state index in [-0.39, 0.29) is 6.04 Å². The quantitative estimate of drug-likeness (QED) is 0.739. The molecule has 18 heavy (non-hydrogen) atoms. The molecule has 1 N–H and O–H groups in total. The van der Waals surface area contributed by atoms with E-state index in [4.69, 9.17) is 0 Å². The van der Waals surface area contributed by atoms with E-state index in [0.717, 1.165) is 31.7 Å². The zero-order valence-corrected chi connectivity index (χ0v) is 10.8. The molecule has 0 aliphatic heterocycles. The topological polar surface area (TPSA) is 12.0 Å². The molecule has 0 amide bonds. The maximum absolute atomic E-state index is 12.6. The summed E-state index contributed by atoms with van der Waals surface area (Å²) in [7, 11) is 1.79. The summed E-state index contributed by atoms with van der Waals surface area (Å²) < 4.78 is 37.9. The zero-order chi connectivity index (χ0) is 13.6. The molecule has 0 saturated heterocycles. The first kappa shape index (κ1) is 15.0. The molecule has 0 bridgehead atoms. The van der Waals surface area contributed by atoms with Crippen molar-refractivity contribution in [3.8, 4) is 0 Å². The van der Waals surface area contributed by atoms with E-state index in [9.17, 15) is 13.2 Å². The first-order chi connectivity index (χ1) is 8.49. The predicted octanol–water partition coefficient (Wildman–Crippen LogP) is 4.55. The minimum Gasteiger partial charge on any atom is -0.313 e. The summed E-state index contributed by atoms with van der Waals surface area (Å²) in [5.41, 5.74) is 0.138. The first-order valence-electron chi connectivity index (χ1n) is 6.33. The fourth-order valence-corrected chi connectivity index (χ4v) is 2.01. The summed E-state index contributed by atoms with van der Waals surface area (Å²) in [5, 5.41) is 3.09. The molecule has 0 aliphatic rings. The van der Waals surface area contributed by atoms with Crippen LogP contribution in [-0.2, 0) is 6.18 Å². The summed E-state index contributed by atoms with van der Waals surface area (Å²) in [6.07, 6.45) is -0.155. The second-order valence-corrected chi connectivity index (χ2v) is 4.46. The Kier molecular flexibility index (Phi) is 5.66. The third-order valence-corrected chi connectivity index (χ3v) is 3.06. The molecule has 0 fully saturated rings. The molecule has 0 spiro atoms. The molecule has 0 aromatic heterocycles. The molecule has 102 valence electrons. The van der Waals surface area contributed by atoms with Gasteiger partial charge in [-0.3, -0.25) is 0 Å². The normalized spacial score (nSPS) is 13.6. The molecule has 0 radical (unpaired) electrons. The lowest BCUT2D eigenvalue weighted by atomic mass is 9.98. The monoisotopic (exact) mass is 259 g/mol. The SMILES string of the molecule is CCCCCC(NC)c1cccc(C(F)(F)F)c1. The lowest BCUT2D eigenvalue weighted by molar-refractivity contribution is -0.137. The molecule has 1 unspecified atom stereocenters. The van der Waals surface area contributed by atoms with Crippen LogP contribution < -0.4 is 5.32 Å². The van der Waals surface area contributed by atoms with Crippen molar-refractivity contribution >= 4 is 0 Å². The van der Waals surface area contributed by atoms with Gasteiger partial charge in [-0.15, -0.1) is 0 Å². The van der Waals surface area contributed by atoms with Crippen molar-refractivity contribution in [2.75, 3.05) is 7.05 Å². The average molecular weight is 259 g/mol. The van der Waals surface area contributed by atoms with Crippen molar-refractivity contribution in [2.45, 2.75) is 44.8 Å². The molecule has 4 heteroatoms. The molecule has 1 rings (SSSR count). The highest BCUT2D eigenvalue weighted by atomic mass is 19.4. The Morgan fingerprint density at radius 2 is 1.94 bits per heavy atom. The summed E-state index contributed by atoms with van der Waals surface area (Å²) in [4.78, 5) is 0. The number of hydrogen-bond acceptors (Lipinski definition) is 1. The number of rotatable bonds is 6. The minimum absolute atomic E-state index is 0.00106. The van der Waals surface area contributed by atoms with Gasteiger partial charge in [-0.25, -0.2) is 0 Å². The Hall–Kier alpha value is -1.03. The maximum atomic E-state index is 12.6. The first-order valence-corrected chi connectivity index (χ1v) is 6.33. The molecule has 1 aromatic rings. The van der Waals surface area contributed by atoms with Crippen LogP contribution in [0.4, 0.5) is 13.2 Å². The van der Waals surface area contributed by atoms with E-state index in [1.54, 1.807) is 13.1 Å². The van der Waals surface area contributed by atoms with Crippen LogP contribution in [0.25, 0.3) is 0 Å². The Balaban J connectivity index is 2.79. The van der Waals surface area contributed by atoms with Crippen molar-refractivity contribution in [2.24, 2.45) is 0 Å². The molecular formula is C14H20F3N. The number of unbranched alkanes of at least 4 members (excludes halogenated alkanes) is 2. The van der Waals surface area contributed by atoms with E-state index in [1.165, 1.54) is 12.1 Å². The van der Waals surface area contributed by atoms with Crippen LogP contribution in [0.1, 0.15) is 49.8 Å². The second-order valence-electron chi connectivity index (χ2n) is 4.46. The van der Waals surface area contributed by atoms with Gasteiger partial charge in [-0.05, 0) is 31.2 Å². The lowest BCUT2D eigenvalue weighted by Crippen LogP contribution is -2.17. The van der Waals surface area contributed by atoms with Gasteiger partial charge in [-0.2, -0.15) is 13.2 Å². The van der Waals surface area contributed by atoms with E-state index in [1.807, 2.05) is 0 Å². The second kappa shape index (κ2) is 6.78. The van der Waals surface area contributed by atoms with Crippen molar-refractivity contribution < 1.29 is 13.2 Å². The van der Waals surface area contributed by atoms with Crippen molar-refractivity contribution in [1.29, 1.82) is 0 Å². The Bertz CT molecular complexity index is 360. The van der Waals surface area contributed by atoms with Crippen molar-refractivity contribution in [1.82, 2.24) is 5.32 Å². The molecule has 0 aliphatic carbocycles. The Morgan fingerprint density at radius 1 is 1.22 bits per heavy atom. The minimum atomic E-state index is -4.27. The van der Waals surface area contributed by atoms with Gasteiger partial charge >= 0.3 is 6.18 Å². The van der Waals surface area contributed by atoms with Crippen LogP contribution in [0.5, 0.6) is 0 Å². The third kappa shape index (κ3) is 4.33. The van der Waals surface area contributed by atoms with Crippen LogP contribution in [0.3, 0.4) is 0 Å². The molecular weight excluding hydrogens is 239 g/mol. The molecule has 1 aromatic carbocycles. The molecule has 0 heterocycles. The summed E-state index contributed by atoms with van der Waals surface area (Å²) in [6, 6.07) is 5.58.